The largest absolute Gasteiger partial charge is 0.490 e. The lowest BCUT2D eigenvalue weighted by Crippen LogP contribution is -2.19. The predicted molar refractivity (Wildman–Crippen MR) is 92.4 cm³/mol. The summed E-state index contributed by atoms with van der Waals surface area (Å²) < 4.78 is 11.5. The Balaban J connectivity index is 1.96. The fourth-order valence-corrected chi connectivity index (χ4v) is 2.57. The van der Waals surface area contributed by atoms with E-state index < -0.39 is 5.91 Å². The monoisotopic (exact) mass is 341 g/mol. The van der Waals surface area contributed by atoms with Crippen LogP contribution in [-0.4, -0.2) is 29.5 Å². The summed E-state index contributed by atoms with van der Waals surface area (Å²) in [4.78, 5) is 27.2. The van der Waals surface area contributed by atoms with Gasteiger partial charge in [-0.05, 0) is 37.4 Å². The first-order valence-electron chi connectivity index (χ1n) is 7.95. The van der Waals surface area contributed by atoms with E-state index in [-0.39, 0.29) is 18.6 Å². The average Bonchev–Trinajstić information content (AvgIpc) is 2.97. The molecule has 3 N–H and O–H groups in total. The molecule has 1 aromatic carbocycles. The quantitative estimate of drug-likeness (QED) is 0.835. The van der Waals surface area contributed by atoms with Crippen molar-refractivity contribution < 1.29 is 19.1 Å². The SMILES string of the molecule is CC(C)Oc1cc2c(OCC3=CCC(=O)N3)nccc2cc1C(N)=O. The maximum Gasteiger partial charge on any atom is 0.252 e. The van der Waals surface area contributed by atoms with E-state index in [0.717, 1.165) is 5.39 Å². The molecule has 7 heteroatoms. The van der Waals surface area contributed by atoms with Crippen molar-refractivity contribution in [1.29, 1.82) is 0 Å². The first kappa shape index (κ1) is 16.8. The van der Waals surface area contributed by atoms with Crippen molar-refractivity contribution in [2.24, 2.45) is 5.73 Å². The summed E-state index contributed by atoms with van der Waals surface area (Å²) in [6.07, 6.45) is 3.62. The number of ether oxygens (including phenoxy) is 2. The van der Waals surface area contributed by atoms with Gasteiger partial charge in [-0.2, -0.15) is 0 Å². The molecule has 2 amide bonds. The van der Waals surface area contributed by atoms with Crippen LogP contribution in [0.15, 0.2) is 36.2 Å². The van der Waals surface area contributed by atoms with Gasteiger partial charge < -0.3 is 20.5 Å². The number of aromatic nitrogens is 1. The third-order valence-electron chi connectivity index (χ3n) is 3.65. The number of benzene rings is 1. The van der Waals surface area contributed by atoms with Crippen molar-refractivity contribution in [1.82, 2.24) is 10.3 Å². The van der Waals surface area contributed by atoms with Crippen LogP contribution in [0.5, 0.6) is 11.6 Å². The average molecular weight is 341 g/mol. The summed E-state index contributed by atoms with van der Waals surface area (Å²) in [6, 6.07) is 5.14. The maximum atomic E-state index is 11.7. The normalized spacial score (nSPS) is 13.7. The zero-order chi connectivity index (χ0) is 18.0. The van der Waals surface area contributed by atoms with E-state index in [2.05, 4.69) is 10.3 Å². The smallest absolute Gasteiger partial charge is 0.252 e. The van der Waals surface area contributed by atoms with E-state index in [1.165, 1.54) is 0 Å². The van der Waals surface area contributed by atoms with Crippen LogP contribution in [0.2, 0.25) is 0 Å². The Morgan fingerprint density at radius 3 is 2.84 bits per heavy atom. The summed E-state index contributed by atoms with van der Waals surface area (Å²) in [7, 11) is 0. The van der Waals surface area contributed by atoms with E-state index >= 15 is 0 Å². The Morgan fingerprint density at radius 1 is 1.40 bits per heavy atom. The van der Waals surface area contributed by atoms with Gasteiger partial charge in [0, 0.05) is 18.0 Å². The number of carbonyl (C=O) groups is 2. The van der Waals surface area contributed by atoms with Crippen molar-refractivity contribution in [2.45, 2.75) is 26.4 Å². The number of hydrogen-bond donors (Lipinski definition) is 2. The molecule has 7 nitrogen and oxygen atoms in total. The van der Waals surface area contributed by atoms with Crippen LogP contribution in [0.25, 0.3) is 10.8 Å². The Kier molecular flexibility index (Phi) is 4.56. The molecule has 0 radical (unpaired) electrons. The molecule has 2 heterocycles. The zero-order valence-electron chi connectivity index (χ0n) is 14.0. The van der Waals surface area contributed by atoms with E-state index in [1.54, 1.807) is 30.5 Å². The van der Waals surface area contributed by atoms with Crippen LogP contribution in [-0.2, 0) is 4.79 Å². The number of fused-ring (bicyclic) bond motifs is 1. The van der Waals surface area contributed by atoms with Crippen LogP contribution >= 0.6 is 0 Å². The first-order chi connectivity index (χ1) is 11.9. The van der Waals surface area contributed by atoms with Gasteiger partial charge in [0.05, 0.1) is 17.4 Å². The molecular formula is C18H19N3O4. The van der Waals surface area contributed by atoms with Gasteiger partial charge in [-0.3, -0.25) is 9.59 Å². The van der Waals surface area contributed by atoms with Gasteiger partial charge in [0.15, 0.2) is 0 Å². The van der Waals surface area contributed by atoms with Crippen molar-refractivity contribution in [2.75, 3.05) is 6.61 Å². The molecule has 2 aromatic rings. The molecule has 0 fully saturated rings. The van der Waals surface area contributed by atoms with Crippen molar-refractivity contribution >= 4 is 22.6 Å². The minimum atomic E-state index is -0.560. The summed E-state index contributed by atoms with van der Waals surface area (Å²) >= 11 is 0. The Labute approximate surface area is 144 Å². The van der Waals surface area contributed by atoms with Gasteiger partial charge in [0.2, 0.25) is 11.8 Å². The molecule has 1 aliphatic heterocycles. The highest BCUT2D eigenvalue weighted by atomic mass is 16.5. The molecule has 0 unspecified atom stereocenters. The lowest BCUT2D eigenvalue weighted by molar-refractivity contribution is -0.118. The van der Waals surface area contributed by atoms with Gasteiger partial charge in [-0.25, -0.2) is 4.98 Å². The van der Waals surface area contributed by atoms with Gasteiger partial charge in [-0.1, -0.05) is 6.08 Å². The molecule has 3 rings (SSSR count). The Hall–Kier alpha value is -3.09. The lowest BCUT2D eigenvalue weighted by atomic mass is 10.1. The lowest BCUT2D eigenvalue weighted by Gasteiger charge is -2.15. The second-order valence-electron chi connectivity index (χ2n) is 5.99. The number of carbonyl (C=O) groups excluding carboxylic acids is 2. The van der Waals surface area contributed by atoms with Crippen molar-refractivity contribution in [3.8, 4) is 11.6 Å². The molecule has 25 heavy (non-hydrogen) atoms. The van der Waals surface area contributed by atoms with Crippen molar-refractivity contribution in [3.05, 3.63) is 41.7 Å². The van der Waals surface area contributed by atoms with Crippen LogP contribution < -0.4 is 20.5 Å². The molecule has 0 spiro atoms. The second kappa shape index (κ2) is 6.80. The van der Waals surface area contributed by atoms with Crippen LogP contribution in [0.3, 0.4) is 0 Å². The highest BCUT2D eigenvalue weighted by Crippen LogP contribution is 2.31. The van der Waals surface area contributed by atoms with Crippen LogP contribution in [0.1, 0.15) is 30.6 Å². The highest BCUT2D eigenvalue weighted by molar-refractivity contribution is 6.01. The van der Waals surface area contributed by atoms with Crippen molar-refractivity contribution in [3.63, 3.8) is 0 Å². The third kappa shape index (κ3) is 3.71. The Bertz CT molecular complexity index is 874. The molecule has 1 aromatic heterocycles. The molecular weight excluding hydrogens is 322 g/mol. The number of primary amides is 1. The number of hydrogen-bond acceptors (Lipinski definition) is 5. The summed E-state index contributed by atoms with van der Waals surface area (Å²) in [5, 5.41) is 4.18. The van der Waals surface area contributed by atoms with E-state index in [0.29, 0.717) is 34.7 Å². The topological polar surface area (TPSA) is 104 Å². The fourth-order valence-electron chi connectivity index (χ4n) is 2.57. The molecule has 0 atom stereocenters. The minimum Gasteiger partial charge on any atom is -0.490 e. The molecule has 1 aliphatic rings. The van der Waals surface area contributed by atoms with E-state index in [9.17, 15) is 9.59 Å². The highest BCUT2D eigenvalue weighted by Gasteiger charge is 2.17. The number of nitrogens with two attached hydrogens (primary N) is 1. The number of pyridine rings is 1. The number of amides is 2. The van der Waals surface area contributed by atoms with Gasteiger partial charge in [0.25, 0.3) is 5.91 Å². The molecule has 0 saturated heterocycles. The number of nitrogens with one attached hydrogen (secondary N) is 1. The minimum absolute atomic E-state index is 0.0526. The maximum absolute atomic E-state index is 11.7. The first-order valence-corrected chi connectivity index (χ1v) is 7.95. The molecule has 0 aliphatic carbocycles. The molecule has 130 valence electrons. The standard InChI is InChI=1S/C18H19N3O4/c1-10(2)25-15-8-13-11(7-14(15)17(19)23)5-6-20-18(13)24-9-12-3-4-16(22)21-12/h3,5-8,10H,4,9H2,1-2H3,(H2,19,23)(H,21,22). The molecule has 0 saturated carbocycles. The zero-order valence-corrected chi connectivity index (χ0v) is 14.0. The van der Waals surface area contributed by atoms with Crippen LogP contribution in [0, 0.1) is 0 Å². The van der Waals surface area contributed by atoms with Gasteiger partial charge in [-0.15, -0.1) is 0 Å². The van der Waals surface area contributed by atoms with E-state index in [1.807, 2.05) is 13.8 Å². The van der Waals surface area contributed by atoms with Crippen LogP contribution in [0.4, 0.5) is 0 Å². The third-order valence-corrected chi connectivity index (χ3v) is 3.65. The predicted octanol–water partition coefficient (Wildman–Crippen LogP) is 1.90. The molecule has 0 bridgehead atoms. The van der Waals surface area contributed by atoms with E-state index in [4.69, 9.17) is 15.2 Å². The summed E-state index contributed by atoms with van der Waals surface area (Å²) in [5.74, 6) is 0.171. The number of rotatable bonds is 6. The van der Waals surface area contributed by atoms with Gasteiger partial charge >= 0.3 is 0 Å². The summed E-state index contributed by atoms with van der Waals surface area (Å²) in [5.41, 5.74) is 6.47. The Morgan fingerprint density at radius 2 is 2.20 bits per heavy atom. The number of nitrogens with zero attached hydrogens (tertiary/aromatic N) is 1. The summed E-state index contributed by atoms with van der Waals surface area (Å²) in [6.45, 7) is 3.94. The fraction of sp³-hybridized carbons (Fsp3) is 0.278. The van der Waals surface area contributed by atoms with Gasteiger partial charge in [0.1, 0.15) is 12.4 Å². The second-order valence-corrected chi connectivity index (χ2v) is 5.99.